The summed E-state index contributed by atoms with van der Waals surface area (Å²) >= 11 is 0. The molecule has 0 aromatic heterocycles. The van der Waals surface area contributed by atoms with Gasteiger partial charge in [-0.2, -0.15) is 0 Å². The maximum absolute atomic E-state index is 2.30. The third-order valence-electron chi connectivity index (χ3n) is 5.21. The van der Waals surface area contributed by atoms with Gasteiger partial charge in [0.25, 0.3) is 0 Å². The lowest BCUT2D eigenvalue weighted by atomic mass is 10.0. The second kappa shape index (κ2) is 25.2. The summed E-state index contributed by atoms with van der Waals surface area (Å²) in [5.74, 6) is 0. The Bertz CT molecular complexity index is 170. The van der Waals surface area contributed by atoms with Crippen molar-refractivity contribution in [2.24, 2.45) is 0 Å². The van der Waals surface area contributed by atoms with E-state index in [1.807, 2.05) is 0 Å². The zero-order chi connectivity index (χ0) is 16.8. The number of hydrogen-bond acceptors (Lipinski definition) is 0. The normalized spacial score (nSPS) is 10.8. The average Bonchev–Trinajstić information content (AvgIpc) is 2.57. The molecular formula is C23H50O. The van der Waals surface area contributed by atoms with Crippen molar-refractivity contribution >= 4 is 0 Å². The third-order valence-corrected chi connectivity index (χ3v) is 5.21. The Morgan fingerprint density at radius 3 is 0.500 bits per heavy atom. The lowest BCUT2D eigenvalue weighted by molar-refractivity contribution is 0.521. The molecule has 0 aromatic carbocycles. The van der Waals surface area contributed by atoms with Crippen LogP contribution in [-0.2, 0) is 0 Å². The van der Waals surface area contributed by atoms with Gasteiger partial charge in [0.15, 0.2) is 0 Å². The SMILES string of the molecule is CCCCCCCCCCCCCCCCCCCCCCC.O. The zero-order valence-corrected chi connectivity index (χ0v) is 17.3. The summed E-state index contributed by atoms with van der Waals surface area (Å²) in [5, 5.41) is 0. The topological polar surface area (TPSA) is 31.5 Å². The first-order valence-electron chi connectivity index (χ1n) is 11.4. The lowest BCUT2D eigenvalue weighted by Gasteiger charge is -2.04. The summed E-state index contributed by atoms with van der Waals surface area (Å²) in [5.41, 5.74) is 0. The molecule has 0 amide bonds. The van der Waals surface area contributed by atoms with Crippen LogP contribution >= 0.6 is 0 Å². The summed E-state index contributed by atoms with van der Waals surface area (Å²) < 4.78 is 0. The highest BCUT2D eigenvalue weighted by Gasteiger charge is 1.95. The van der Waals surface area contributed by atoms with Gasteiger partial charge in [0.1, 0.15) is 0 Å². The zero-order valence-electron chi connectivity index (χ0n) is 17.3. The molecule has 0 bridgehead atoms. The average molecular weight is 343 g/mol. The molecule has 24 heavy (non-hydrogen) atoms. The van der Waals surface area contributed by atoms with Gasteiger partial charge in [0.05, 0.1) is 0 Å². The Balaban J connectivity index is 0. The van der Waals surface area contributed by atoms with Crippen LogP contribution in [0.5, 0.6) is 0 Å². The van der Waals surface area contributed by atoms with Crippen LogP contribution in [-0.4, -0.2) is 5.48 Å². The molecule has 0 aliphatic rings. The van der Waals surface area contributed by atoms with Crippen LogP contribution in [0.2, 0.25) is 0 Å². The fourth-order valence-electron chi connectivity index (χ4n) is 3.51. The Kier molecular flexibility index (Phi) is 27.5. The number of rotatable bonds is 20. The molecule has 0 radical (unpaired) electrons. The quantitative estimate of drug-likeness (QED) is 0.199. The predicted octanol–water partition coefficient (Wildman–Crippen LogP) is 8.39. The van der Waals surface area contributed by atoms with E-state index in [-0.39, 0.29) is 5.48 Å². The molecular weight excluding hydrogens is 292 g/mol. The Morgan fingerprint density at radius 2 is 0.375 bits per heavy atom. The summed E-state index contributed by atoms with van der Waals surface area (Å²) in [6.07, 6.45) is 30.9. The van der Waals surface area contributed by atoms with E-state index in [0.717, 1.165) is 0 Å². The first-order chi connectivity index (χ1) is 11.4. The summed E-state index contributed by atoms with van der Waals surface area (Å²) in [4.78, 5) is 0. The van der Waals surface area contributed by atoms with Gasteiger partial charge >= 0.3 is 0 Å². The molecule has 0 heterocycles. The van der Waals surface area contributed by atoms with Gasteiger partial charge in [-0.25, -0.2) is 0 Å². The minimum Gasteiger partial charge on any atom is -0.412 e. The highest BCUT2D eigenvalue weighted by molar-refractivity contribution is 4.50. The van der Waals surface area contributed by atoms with Crippen molar-refractivity contribution in [3.63, 3.8) is 0 Å². The van der Waals surface area contributed by atoms with Gasteiger partial charge in [-0.15, -0.1) is 0 Å². The fourth-order valence-corrected chi connectivity index (χ4v) is 3.51. The van der Waals surface area contributed by atoms with E-state index in [2.05, 4.69) is 13.8 Å². The molecule has 0 saturated heterocycles. The maximum atomic E-state index is 2.30. The highest BCUT2D eigenvalue weighted by atomic mass is 16.0. The molecule has 0 spiro atoms. The van der Waals surface area contributed by atoms with Crippen molar-refractivity contribution < 1.29 is 5.48 Å². The molecule has 0 aliphatic heterocycles. The second-order valence-electron chi connectivity index (χ2n) is 7.72. The van der Waals surface area contributed by atoms with Gasteiger partial charge in [0.2, 0.25) is 0 Å². The molecule has 0 fully saturated rings. The largest absolute Gasteiger partial charge is 0.412 e. The molecule has 1 nitrogen and oxygen atoms in total. The molecule has 1 heteroatoms. The smallest absolute Gasteiger partial charge is 0.0533 e. The summed E-state index contributed by atoms with van der Waals surface area (Å²) in [7, 11) is 0. The monoisotopic (exact) mass is 342 g/mol. The molecule has 0 rings (SSSR count). The van der Waals surface area contributed by atoms with E-state index >= 15 is 0 Å². The van der Waals surface area contributed by atoms with E-state index in [0.29, 0.717) is 0 Å². The van der Waals surface area contributed by atoms with Crippen LogP contribution in [0.15, 0.2) is 0 Å². The van der Waals surface area contributed by atoms with Gasteiger partial charge in [-0.05, 0) is 0 Å². The molecule has 0 atom stereocenters. The van der Waals surface area contributed by atoms with E-state index in [1.54, 1.807) is 0 Å². The van der Waals surface area contributed by atoms with Crippen molar-refractivity contribution in [1.29, 1.82) is 0 Å². The third kappa shape index (κ3) is 24.2. The van der Waals surface area contributed by atoms with Gasteiger partial charge in [-0.3, -0.25) is 0 Å². The first kappa shape index (κ1) is 26.2. The Labute approximate surface area is 154 Å². The molecule has 0 saturated carbocycles. The lowest BCUT2D eigenvalue weighted by Crippen LogP contribution is -1.84. The standard InChI is InChI=1S/C23H48.H2O/c1-3-5-7-9-11-13-15-17-19-21-23-22-20-18-16-14-12-10-8-6-4-2;/h3-23H2,1-2H3;1H2. The molecule has 2 N–H and O–H groups in total. The van der Waals surface area contributed by atoms with E-state index < -0.39 is 0 Å². The van der Waals surface area contributed by atoms with E-state index in [9.17, 15) is 0 Å². The van der Waals surface area contributed by atoms with Gasteiger partial charge in [-0.1, -0.05) is 149 Å². The minimum absolute atomic E-state index is 0. The van der Waals surface area contributed by atoms with Crippen LogP contribution in [0.1, 0.15) is 149 Å². The number of hydrogen-bond donors (Lipinski definition) is 0. The Hall–Kier alpha value is -0.0400. The van der Waals surface area contributed by atoms with Crippen LogP contribution in [0.25, 0.3) is 0 Å². The van der Waals surface area contributed by atoms with E-state index in [1.165, 1.54) is 135 Å². The summed E-state index contributed by atoms with van der Waals surface area (Å²) in [6.45, 7) is 4.60. The van der Waals surface area contributed by atoms with Crippen LogP contribution in [0.4, 0.5) is 0 Å². The molecule has 148 valence electrons. The van der Waals surface area contributed by atoms with Crippen LogP contribution < -0.4 is 0 Å². The minimum atomic E-state index is 0. The molecule has 0 aromatic rings. The van der Waals surface area contributed by atoms with Crippen LogP contribution in [0.3, 0.4) is 0 Å². The predicted molar refractivity (Wildman–Crippen MR) is 112 cm³/mol. The molecule has 0 unspecified atom stereocenters. The Morgan fingerprint density at radius 1 is 0.250 bits per heavy atom. The van der Waals surface area contributed by atoms with Crippen molar-refractivity contribution in [3.05, 3.63) is 0 Å². The van der Waals surface area contributed by atoms with Crippen LogP contribution in [0, 0.1) is 0 Å². The second-order valence-corrected chi connectivity index (χ2v) is 7.72. The van der Waals surface area contributed by atoms with Gasteiger partial charge in [0, 0.05) is 0 Å². The van der Waals surface area contributed by atoms with Crippen molar-refractivity contribution in [3.8, 4) is 0 Å². The van der Waals surface area contributed by atoms with E-state index in [4.69, 9.17) is 0 Å². The fraction of sp³-hybridized carbons (Fsp3) is 1.00. The molecule has 0 aliphatic carbocycles. The van der Waals surface area contributed by atoms with Crippen molar-refractivity contribution in [2.45, 2.75) is 149 Å². The van der Waals surface area contributed by atoms with Crippen molar-refractivity contribution in [1.82, 2.24) is 0 Å². The number of unbranched alkanes of at least 4 members (excludes halogenated alkanes) is 20. The van der Waals surface area contributed by atoms with Gasteiger partial charge < -0.3 is 5.48 Å². The van der Waals surface area contributed by atoms with Crippen molar-refractivity contribution in [2.75, 3.05) is 0 Å². The first-order valence-corrected chi connectivity index (χ1v) is 11.4. The maximum Gasteiger partial charge on any atom is -0.0533 e. The highest BCUT2D eigenvalue weighted by Crippen LogP contribution is 2.14. The summed E-state index contributed by atoms with van der Waals surface area (Å²) in [6, 6.07) is 0.